The lowest BCUT2D eigenvalue weighted by Crippen LogP contribution is -2.17. The molecule has 0 amide bonds. The van der Waals surface area contributed by atoms with Gasteiger partial charge in [0.15, 0.2) is 0 Å². The lowest BCUT2D eigenvalue weighted by molar-refractivity contribution is 0.0695. The van der Waals surface area contributed by atoms with E-state index in [4.69, 9.17) is 9.47 Å². The van der Waals surface area contributed by atoms with Crippen LogP contribution in [0.2, 0.25) is 0 Å². The molecule has 0 unspecified atom stereocenters. The zero-order chi connectivity index (χ0) is 13.2. The molecule has 0 aliphatic heterocycles. The lowest BCUT2D eigenvalue weighted by Gasteiger charge is -2.09. The van der Waals surface area contributed by atoms with Gasteiger partial charge in [-0.2, -0.15) is 0 Å². The normalized spacial score (nSPS) is 10.8. The van der Waals surface area contributed by atoms with Crippen LogP contribution in [-0.4, -0.2) is 33.5 Å². The van der Waals surface area contributed by atoms with Gasteiger partial charge in [-0.3, -0.25) is 0 Å². The van der Waals surface area contributed by atoms with E-state index in [1.807, 2.05) is 0 Å². The van der Waals surface area contributed by atoms with Crippen molar-refractivity contribution in [3.05, 3.63) is 34.9 Å². The highest BCUT2D eigenvalue weighted by molar-refractivity contribution is 5.30. The fourth-order valence-electron chi connectivity index (χ4n) is 1.81. The van der Waals surface area contributed by atoms with Crippen molar-refractivity contribution in [2.75, 3.05) is 33.5 Å². The largest absolute Gasteiger partial charge is 0.382 e. The van der Waals surface area contributed by atoms with E-state index in [1.165, 1.54) is 16.7 Å². The van der Waals surface area contributed by atoms with E-state index in [0.717, 1.165) is 26.1 Å². The van der Waals surface area contributed by atoms with E-state index >= 15 is 0 Å². The van der Waals surface area contributed by atoms with Crippen LogP contribution >= 0.6 is 0 Å². The first-order chi connectivity index (χ1) is 8.74. The maximum Gasteiger partial charge on any atom is 0.0700 e. The highest BCUT2D eigenvalue weighted by Gasteiger charge is 1.97. The molecule has 102 valence electrons. The molecular formula is C15H25NO2. The molecule has 1 aromatic carbocycles. The number of hydrogen-bond donors (Lipinski definition) is 1. The van der Waals surface area contributed by atoms with Gasteiger partial charge < -0.3 is 14.8 Å². The average molecular weight is 251 g/mol. The number of benzene rings is 1. The van der Waals surface area contributed by atoms with Crippen LogP contribution in [0.5, 0.6) is 0 Å². The van der Waals surface area contributed by atoms with Crippen LogP contribution in [0.4, 0.5) is 0 Å². The Bertz CT molecular complexity index is 339. The van der Waals surface area contributed by atoms with Gasteiger partial charge >= 0.3 is 0 Å². The number of rotatable bonds is 9. The monoisotopic (exact) mass is 251 g/mol. The van der Waals surface area contributed by atoms with Gasteiger partial charge in [0.25, 0.3) is 0 Å². The summed E-state index contributed by atoms with van der Waals surface area (Å²) in [6.07, 6.45) is 1.04. The highest BCUT2D eigenvalue weighted by Crippen LogP contribution is 2.09. The average Bonchev–Trinajstić information content (AvgIpc) is 2.35. The molecule has 0 aliphatic carbocycles. The molecule has 0 radical (unpaired) electrons. The molecule has 1 aromatic rings. The minimum absolute atomic E-state index is 0.677. The fourth-order valence-corrected chi connectivity index (χ4v) is 1.81. The molecule has 3 nitrogen and oxygen atoms in total. The van der Waals surface area contributed by atoms with Crippen molar-refractivity contribution in [1.82, 2.24) is 5.32 Å². The SMILES string of the molecule is COCCOCCCNCc1ccc(C)cc1C. The van der Waals surface area contributed by atoms with Gasteiger partial charge in [0.05, 0.1) is 13.2 Å². The van der Waals surface area contributed by atoms with Crippen molar-refractivity contribution in [3.8, 4) is 0 Å². The third kappa shape index (κ3) is 6.15. The van der Waals surface area contributed by atoms with Crippen molar-refractivity contribution in [3.63, 3.8) is 0 Å². The molecule has 0 aliphatic rings. The maximum absolute atomic E-state index is 5.40. The zero-order valence-corrected chi connectivity index (χ0v) is 11.8. The summed E-state index contributed by atoms with van der Waals surface area (Å²) in [6, 6.07) is 6.59. The van der Waals surface area contributed by atoms with Gasteiger partial charge in [0, 0.05) is 20.3 Å². The number of aryl methyl sites for hydroxylation is 2. The first kappa shape index (κ1) is 15.2. The Kier molecular flexibility index (Phi) is 7.65. The van der Waals surface area contributed by atoms with E-state index in [9.17, 15) is 0 Å². The van der Waals surface area contributed by atoms with Crippen molar-refractivity contribution in [2.45, 2.75) is 26.8 Å². The van der Waals surface area contributed by atoms with Crippen LogP contribution in [0.1, 0.15) is 23.1 Å². The second kappa shape index (κ2) is 9.09. The van der Waals surface area contributed by atoms with Gasteiger partial charge in [0.2, 0.25) is 0 Å². The summed E-state index contributed by atoms with van der Waals surface area (Å²) >= 11 is 0. The van der Waals surface area contributed by atoms with E-state index in [0.29, 0.717) is 13.2 Å². The standard InChI is InChI=1S/C15H25NO2/c1-13-5-6-15(14(2)11-13)12-16-7-4-8-18-10-9-17-3/h5-6,11,16H,4,7-10,12H2,1-3H3. The van der Waals surface area contributed by atoms with Crippen LogP contribution < -0.4 is 5.32 Å². The molecule has 1 N–H and O–H groups in total. The molecule has 0 heterocycles. The fraction of sp³-hybridized carbons (Fsp3) is 0.600. The summed E-state index contributed by atoms with van der Waals surface area (Å²) in [7, 11) is 1.69. The third-order valence-corrected chi connectivity index (χ3v) is 2.89. The van der Waals surface area contributed by atoms with Gasteiger partial charge in [-0.15, -0.1) is 0 Å². The number of hydrogen-bond acceptors (Lipinski definition) is 3. The third-order valence-electron chi connectivity index (χ3n) is 2.89. The van der Waals surface area contributed by atoms with E-state index in [1.54, 1.807) is 7.11 Å². The quantitative estimate of drug-likeness (QED) is 0.684. The molecule has 0 bridgehead atoms. The first-order valence-electron chi connectivity index (χ1n) is 6.57. The Hall–Kier alpha value is -0.900. The summed E-state index contributed by atoms with van der Waals surface area (Å²) in [5.41, 5.74) is 4.06. The molecule has 18 heavy (non-hydrogen) atoms. The minimum Gasteiger partial charge on any atom is -0.382 e. The van der Waals surface area contributed by atoms with Gasteiger partial charge in [-0.05, 0) is 37.9 Å². The zero-order valence-electron chi connectivity index (χ0n) is 11.8. The number of ether oxygens (including phenoxy) is 2. The van der Waals surface area contributed by atoms with Gasteiger partial charge in [0.1, 0.15) is 0 Å². The first-order valence-corrected chi connectivity index (χ1v) is 6.57. The molecule has 0 saturated carbocycles. The molecule has 0 saturated heterocycles. The number of nitrogens with one attached hydrogen (secondary N) is 1. The molecule has 0 fully saturated rings. The van der Waals surface area contributed by atoms with Gasteiger partial charge in [-0.1, -0.05) is 23.8 Å². The molecule has 3 heteroatoms. The topological polar surface area (TPSA) is 30.5 Å². The summed E-state index contributed by atoms with van der Waals surface area (Å²) in [6.45, 7) is 8.37. The highest BCUT2D eigenvalue weighted by atomic mass is 16.5. The molecule has 1 rings (SSSR count). The van der Waals surface area contributed by atoms with Crippen molar-refractivity contribution in [2.24, 2.45) is 0 Å². The Balaban J connectivity index is 2.07. The Morgan fingerprint density at radius 3 is 2.67 bits per heavy atom. The second-order valence-corrected chi connectivity index (χ2v) is 4.57. The van der Waals surface area contributed by atoms with Crippen LogP contribution in [0.25, 0.3) is 0 Å². The van der Waals surface area contributed by atoms with Crippen LogP contribution in [0.15, 0.2) is 18.2 Å². The van der Waals surface area contributed by atoms with Gasteiger partial charge in [-0.25, -0.2) is 0 Å². The van der Waals surface area contributed by atoms with Crippen LogP contribution in [0.3, 0.4) is 0 Å². The van der Waals surface area contributed by atoms with E-state index in [-0.39, 0.29) is 0 Å². The summed E-state index contributed by atoms with van der Waals surface area (Å²) < 4.78 is 10.3. The minimum atomic E-state index is 0.677. The van der Waals surface area contributed by atoms with E-state index in [2.05, 4.69) is 37.4 Å². The molecular weight excluding hydrogens is 226 g/mol. The summed E-state index contributed by atoms with van der Waals surface area (Å²) in [5.74, 6) is 0. The van der Waals surface area contributed by atoms with Crippen LogP contribution in [-0.2, 0) is 16.0 Å². The second-order valence-electron chi connectivity index (χ2n) is 4.57. The van der Waals surface area contributed by atoms with Crippen molar-refractivity contribution >= 4 is 0 Å². The molecule has 0 atom stereocenters. The Morgan fingerprint density at radius 2 is 1.94 bits per heavy atom. The number of methoxy groups -OCH3 is 1. The summed E-state index contributed by atoms with van der Waals surface area (Å²) in [5, 5.41) is 3.44. The predicted octanol–water partition coefficient (Wildman–Crippen LogP) is 2.45. The lowest BCUT2D eigenvalue weighted by atomic mass is 10.1. The Morgan fingerprint density at radius 1 is 1.11 bits per heavy atom. The van der Waals surface area contributed by atoms with Crippen molar-refractivity contribution < 1.29 is 9.47 Å². The van der Waals surface area contributed by atoms with Crippen LogP contribution in [0, 0.1) is 13.8 Å². The molecule has 0 aromatic heterocycles. The smallest absolute Gasteiger partial charge is 0.0700 e. The molecule has 0 spiro atoms. The Labute approximate surface area is 110 Å². The summed E-state index contributed by atoms with van der Waals surface area (Å²) in [4.78, 5) is 0. The van der Waals surface area contributed by atoms with Crippen molar-refractivity contribution in [1.29, 1.82) is 0 Å². The van der Waals surface area contributed by atoms with E-state index < -0.39 is 0 Å². The predicted molar refractivity (Wildman–Crippen MR) is 74.9 cm³/mol. The maximum atomic E-state index is 5.40.